The summed E-state index contributed by atoms with van der Waals surface area (Å²) < 4.78 is 0. The Morgan fingerprint density at radius 3 is 2.08 bits per heavy atom. The van der Waals surface area contributed by atoms with E-state index in [0.717, 1.165) is 5.92 Å². The van der Waals surface area contributed by atoms with E-state index >= 15 is 0 Å². The van der Waals surface area contributed by atoms with Crippen LogP contribution in [0.2, 0.25) is 0 Å². The van der Waals surface area contributed by atoms with Crippen LogP contribution in [0, 0.1) is 13.8 Å². The Labute approximate surface area is 145 Å². The van der Waals surface area contributed by atoms with E-state index in [2.05, 4.69) is 80.6 Å². The summed E-state index contributed by atoms with van der Waals surface area (Å²) in [6.07, 6.45) is 4.03. The van der Waals surface area contributed by atoms with Crippen molar-refractivity contribution < 1.29 is 0 Å². The lowest BCUT2D eigenvalue weighted by Crippen LogP contribution is -2.10. The van der Waals surface area contributed by atoms with Crippen LogP contribution in [0.3, 0.4) is 0 Å². The molecule has 0 amide bonds. The molecule has 3 aromatic carbocycles. The van der Waals surface area contributed by atoms with Crippen LogP contribution in [0.25, 0.3) is 22.3 Å². The van der Waals surface area contributed by atoms with E-state index in [9.17, 15) is 0 Å². The maximum Gasteiger partial charge on any atom is -0.00678 e. The standard InChI is InChI=1S/C24H24/c1-17-13-15-20(16-14-17)23-12-6-11-22(19-8-5-9-19)24(23)21-10-4-3-7-18(21)2/h3-4,6-7,10-16,19H,5,8-9H2,1-2H3. The van der Waals surface area contributed by atoms with Crippen molar-refractivity contribution in [2.75, 3.05) is 0 Å². The molecule has 1 fully saturated rings. The maximum atomic E-state index is 2.35. The second kappa shape index (κ2) is 6.28. The number of hydrogen-bond donors (Lipinski definition) is 0. The molecule has 0 aliphatic heterocycles. The molecule has 0 unspecified atom stereocenters. The molecule has 0 spiro atoms. The molecule has 0 bridgehead atoms. The lowest BCUT2D eigenvalue weighted by atomic mass is 9.75. The Morgan fingerprint density at radius 1 is 0.708 bits per heavy atom. The van der Waals surface area contributed by atoms with Gasteiger partial charge in [-0.05, 0) is 66.0 Å². The summed E-state index contributed by atoms with van der Waals surface area (Å²) >= 11 is 0. The average molecular weight is 312 g/mol. The van der Waals surface area contributed by atoms with Crippen LogP contribution < -0.4 is 0 Å². The Bertz CT molecular complexity index is 851. The van der Waals surface area contributed by atoms with E-state index in [4.69, 9.17) is 0 Å². The largest absolute Gasteiger partial charge is 0.0620 e. The minimum atomic E-state index is 0.727. The summed E-state index contributed by atoms with van der Waals surface area (Å²) in [5.41, 5.74) is 9.73. The molecular formula is C24H24. The van der Waals surface area contributed by atoms with E-state index < -0.39 is 0 Å². The van der Waals surface area contributed by atoms with Gasteiger partial charge >= 0.3 is 0 Å². The number of hydrogen-bond acceptors (Lipinski definition) is 0. The van der Waals surface area contributed by atoms with Crippen LogP contribution in [0.4, 0.5) is 0 Å². The molecule has 0 saturated heterocycles. The summed E-state index contributed by atoms with van der Waals surface area (Å²) in [5.74, 6) is 0.727. The van der Waals surface area contributed by atoms with Gasteiger partial charge in [-0.1, -0.05) is 78.7 Å². The summed E-state index contributed by atoms with van der Waals surface area (Å²) in [7, 11) is 0. The van der Waals surface area contributed by atoms with E-state index in [1.165, 1.54) is 58.2 Å². The fraction of sp³-hybridized carbons (Fsp3) is 0.250. The quantitative estimate of drug-likeness (QED) is 0.493. The highest BCUT2D eigenvalue weighted by atomic mass is 14.3. The van der Waals surface area contributed by atoms with Crippen LogP contribution in [-0.4, -0.2) is 0 Å². The van der Waals surface area contributed by atoms with Gasteiger partial charge in [-0.2, -0.15) is 0 Å². The minimum Gasteiger partial charge on any atom is -0.0620 e. The molecule has 1 saturated carbocycles. The first-order chi connectivity index (χ1) is 11.7. The van der Waals surface area contributed by atoms with Crippen molar-refractivity contribution in [3.05, 3.63) is 83.4 Å². The first-order valence-electron chi connectivity index (χ1n) is 9.00. The van der Waals surface area contributed by atoms with Gasteiger partial charge in [-0.25, -0.2) is 0 Å². The lowest BCUT2D eigenvalue weighted by Gasteiger charge is -2.30. The van der Waals surface area contributed by atoms with Crippen molar-refractivity contribution in [1.29, 1.82) is 0 Å². The summed E-state index contributed by atoms with van der Waals surface area (Å²) in [6.45, 7) is 4.38. The van der Waals surface area contributed by atoms with Gasteiger partial charge in [0.05, 0.1) is 0 Å². The van der Waals surface area contributed by atoms with Crippen LogP contribution in [0.5, 0.6) is 0 Å². The SMILES string of the molecule is Cc1ccc(-c2cccc(C3CCC3)c2-c2ccccc2C)cc1. The predicted molar refractivity (Wildman–Crippen MR) is 103 cm³/mol. The topological polar surface area (TPSA) is 0 Å². The lowest BCUT2D eigenvalue weighted by molar-refractivity contribution is 0.420. The third kappa shape index (κ3) is 2.67. The second-order valence-corrected chi connectivity index (χ2v) is 7.08. The molecule has 0 nitrogen and oxygen atoms in total. The normalized spacial score (nSPS) is 14.4. The fourth-order valence-electron chi connectivity index (χ4n) is 3.76. The molecule has 0 heterocycles. The van der Waals surface area contributed by atoms with Crippen LogP contribution in [0.15, 0.2) is 66.7 Å². The van der Waals surface area contributed by atoms with Crippen molar-refractivity contribution in [2.45, 2.75) is 39.0 Å². The van der Waals surface area contributed by atoms with Crippen molar-refractivity contribution in [1.82, 2.24) is 0 Å². The molecule has 0 heteroatoms. The zero-order chi connectivity index (χ0) is 16.5. The zero-order valence-electron chi connectivity index (χ0n) is 14.5. The zero-order valence-corrected chi connectivity index (χ0v) is 14.5. The highest BCUT2D eigenvalue weighted by molar-refractivity contribution is 5.87. The van der Waals surface area contributed by atoms with Crippen LogP contribution >= 0.6 is 0 Å². The molecule has 0 atom stereocenters. The van der Waals surface area contributed by atoms with Crippen molar-refractivity contribution in [2.24, 2.45) is 0 Å². The van der Waals surface area contributed by atoms with Crippen LogP contribution in [-0.2, 0) is 0 Å². The second-order valence-electron chi connectivity index (χ2n) is 7.08. The van der Waals surface area contributed by atoms with Crippen LogP contribution in [0.1, 0.15) is 41.9 Å². The first-order valence-corrected chi connectivity index (χ1v) is 9.00. The fourth-order valence-corrected chi connectivity index (χ4v) is 3.76. The van der Waals surface area contributed by atoms with Gasteiger partial charge in [0.25, 0.3) is 0 Å². The Morgan fingerprint density at radius 2 is 1.42 bits per heavy atom. The molecule has 24 heavy (non-hydrogen) atoms. The molecule has 0 N–H and O–H groups in total. The van der Waals surface area contributed by atoms with Gasteiger partial charge in [-0.15, -0.1) is 0 Å². The van der Waals surface area contributed by atoms with Gasteiger partial charge < -0.3 is 0 Å². The maximum absolute atomic E-state index is 2.35. The summed E-state index contributed by atoms with van der Waals surface area (Å²) in [4.78, 5) is 0. The Kier molecular flexibility index (Phi) is 3.98. The van der Waals surface area contributed by atoms with Gasteiger partial charge in [0.2, 0.25) is 0 Å². The van der Waals surface area contributed by atoms with Crippen molar-refractivity contribution in [3.63, 3.8) is 0 Å². The van der Waals surface area contributed by atoms with E-state index in [0.29, 0.717) is 0 Å². The smallest absolute Gasteiger partial charge is 0.00678 e. The minimum absolute atomic E-state index is 0.727. The first kappa shape index (κ1) is 15.2. The van der Waals surface area contributed by atoms with E-state index in [1.807, 2.05) is 0 Å². The molecule has 120 valence electrons. The van der Waals surface area contributed by atoms with Crippen molar-refractivity contribution >= 4 is 0 Å². The monoisotopic (exact) mass is 312 g/mol. The van der Waals surface area contributed by atoms with E-state index in [1.54, 1.807) is 0 Å². The third-order valence-electron chi connectivity index (χ3n) is 5.42. The molecule has 4 rings (SSSR count). The molecule has 3 aromatic rings. The van der Waals surface area contributed by atoms with Crippen molar-refractivity contribution in [3.8, 4) is 22.3 Å². The number of aryl methyl sites for hydroxylation is 2. The van der Waals surface area contributed by atoms with Gasteiger partial charge in [-0.3, -0.25) is 0 Å². The Hall–Kier alpha value is -2.34. The molecule has 1 aliphatic carbocycles. The molecular weight excluding hydrogens is 288 g/mol. The van der Waals surface area contributed by atoms with Gasteiger partial charge in [0, 0.05) is 0 Å². The molecule has 0 aromatic heterocycles. The Balaban J connectivity index is 1.96. The molecule has 1 aliphatic rings. The summed E-state index contributed by atoms with van der Waals surface area (Å²) in [5, 5.41) is 0. The highest BCUT2D eigenvalue weighted by Crippen LogP contribution is 2.45. The van der Waals surface area contributed by atoms with E-state index in [-0.39, 0.29) is 0 Å². The molecule has 0 radical (unpaired) electrons. The predicted octanol–water partition coefficient (Wildman–Crippen LogP) is 6.90. The average Bonchev–Trinajstić information content (AvgIpc) is 2.55. The highest BCUT2D eigenvalue weighted by Gasteiger charge is 2.24. The summed E-state index contributed by atoms with van der Waals surface area (Å²) in [6, 6.07) is 24.6. The van der Waals surface area contributed by atoms with Gasteiger partial charge in [0.1, 0.15) is 0 Å². The number of rotatable bonds is 3. The van der Waals surface area contributed by atoms with Gasteiger partial charge in [0.15, 0.2) is 0 Å². The number of benzene rings is 3. The third-order valence-corrected chi connectivity index (χ3v) is 5.42.